The van der Waals surface area contributed by atoms with Crippen molar-refractivity contribution in [3.05, 3.63) is 78.6 Å². The highest BCUT2D eigenvalue weighted by Crippen LogP contribution is 2.56. The lowest BCUT2D eigenvalue weighted by Gasteiger charge is -2.49. The molecule has 1 heterocycles. The first-order valence-electron chi connectivity index (χ1n) is 15.2. The summed E-state index contributed by atoms with van der Waals surface area (Å²) in [5, 5.41) is 11.8. The quantitative estimate of drug-likeness (QED) is 0.209. The van der Waals surface area contributed by atoms with Gasteiger partial charge in [-0.3, -0.25) is 19.7 Å². The van der Waals surface area contributed by atoms with E-state index in [0.717, 1.165) is 17.5 Å². The van der Waals surface area contributed by atoms with Crippen LogP contribution < -0.4 is 9.47 Å². The van der Waals surface area contributed by atoms with E-state index in [9.17, 15) is 32.9 Å². The Bertz CT molecular complexity index is 1650. The van der Waals surface area contributed by atoms with Crippen LogP contribution >= 0.6 is 15.9 Å². The number of hydrogen-bond acceptors (Lipinski definition) is 7. The Balaban J connectivity index is 1.70. The average molecular weight is 706 g/mol. The minimum Gasteiger partial charge on any atom is -0.490 e. The van der Waals surface area contributed by atoms with Gasteiger partial charge in [0.15, 0.2) is 23.1 Å². The third kappa shape index (κ3) is 6.20. The number of benzene rings is 2. The molecule has 246 valence electrons. The third-order valence-corrected chi connectivity index (χ3v) is 9.29. The van der Waals surface area contributed by atoms with Gasteiger partial charge in [-0.05, 0) is 83.3 Å². The molecule has 0 aromatic heterocycles. The number of nitro benzene ring substituents is 1. The van der Waals surface area contributed by atoms with Crippen LogP contribution in [-0.4, -0.2) is 34.5 Å². The standard InChI is InChI=1S/C34H36BrF3N2O6/c1-7-39-22-14-32(3,4)16-24(41)29(22)28(30-23(39)15-33(5,6)17-25(30)42)18-11-20(35)31(27(12-18)45-8-2)46-26-10-9-19(34(36,37)38)13-21(26)40(43)44/h9-13,28H,7-8,14-17H2,1-6H3. The summed E-state index contributed by atoms with van der Waals surface area (Å²) in [6.45, 7) is 12.8. The topological polar surface area (TPSA) is 99.0 Å². The molecule has 0 atom stereocenters. The molecule has 0 fully saturated rings. The van der Waals surface area contributed by atoms with Crippen LogP contribution in [-0.2, 0) is 15.8 Å². The van der Waals surface area contributed by atoms with E-state index in [-0.39, 0.29) is 45.0 Å². The summed E-state index contributed by atoms with van der Waals surface area (Å²) in [5.74, 6) is -0.995. The molecule has 0 unspecified atom stereocenters. The molecule has 12 heteroatoms. The van der Waals surface area contributed by atoms with Crippen molar-refractivity contribution in [3.8, 4) is 17.2 Å². The molecule has 0 amide bonds. The summed E-state index contributed by atoms with van der Waals surface area (Å²) in [5.41, 5.74) is 0.982. The van der Waals surface area contributed by atoms with Crippen molar-refractivity contribution in [2.24, 2.45) is 10.8 Å². The fourth-order valence-corrected chi connectivity index (χ4v) is 7.45. The molecule has 0 radical (unpaired) electrons. The number of carbonyl (C=O) groups excluding carboxylic acids is 2. The Labute approximate surface area is 273 Å². The normalized spacial score (nSPS) is 19.7. The van der Waals surface area contributed by atoms with Gasteiger partial charge in [-0.15, -0.1) is 0 Å². The molecule has 0 saturated heterocycles. The highest BCUT2D eigenvalue weighted by molar-refractivity contribution is 9.10. The van der Waals surface area contributed by atoms with E-state index in [2.05, 4.69) is 48.5 Å². The Morgan fingerprint density at radius 3 is 1.98 bits per heavy atom. The van der Waals surface area contributed by atoms with Gasteiger partial charge >= 0.3 is 11.9 Å². The lowest BCUT2D eigenvalue weighted by atomic mass is 9.63. The van der Waals surface area contributed by atoms with Crippen LogP contribution in [0.5, 0.6) is 17.2 Å². The van der Waals surface area contributed by atoms with E-state index in [1.807, 2.05) is 6.92 Å². The molecule has 1 aliphatic heterocycles. The van der Waals surface area contributed by atoms with Crippen molar-refractivity contribution in [3.63, 3.8) is 0 Å². The van der Waals surface area contributed by atoms with Crippen molar-refractivity contribution in [1.29, 1.82) is 0 Å². The second-order valence-electron chi connectivity index (χ2n) is 13.6. The van der Waals surface area contributed by atoms with Crippen LogP contribution in [0.25, 0.3) is 0 Å². The van der Waals surface area contributed by atoms with E-state index in [4.69, 9.17) is 9.47 Å². The van der Waals surface area contributed by atoms with Gasteiger partial charge in [-0.25, -0.2) is 0 Å². The molecule has 0 spiro atoms. The first-order valence-corrected chi connectivity index (χ1v) is 16.0. The minimum atomic E-state index is -4.78. The zero-order chi connectivity index (χ0) is 33.9. The molecule has 5 rings (SSSR count). The summed E-state index contributed by atoms with van der Waals surface area (Å²) in [7, 11) is 0. The lowest BCUT2D eigenvalue weighted by molar-refractivity contribution is -0.385. The molecular formula is C34H36BrF3N2O6. The van der Waals surface area contributed by atoms with Crippen molar-refractivity contribution < 1.29 is 37.2 Å². The number of Topliss-reactive ketones (excluding diaryl/α,β-unsaturated/α-hetero) is 2. The van der Waals surface area contributed by atoms with Gasteiger partial charge in [0, 0.05) is 53.9 Å². The van der Waals surface area contributed by atoms with Crippen LogP contribution in [0.4, 0.5) is 18.9 Å². The van der Waals surface area contributed by atoms with E-state index in [1.54, 1.807) is 19.1 Å². The zero-order valence-electron chi connectivity index (χ0n) is 26.6. The highest BCUT2D eigenvalue weighted by atomic mass is 79.9. The molecule has 2 aliphatic carbocycles. The van der Waals surface area contributed by atoms with Crippen LogP contribution in [0.3, 0.4) is 0 Å². The fourth-order valence-electron chi connectivity index (χ4n) is 6.91. The Morgan fingerprint density at radius 1 is 0.935 bits per heavy atom. The van der Waals surface area contributed by atoms with Crippen molar-refractivity contribution in [2.45, 2.75) is 79.3 Å². The summed E-state index contributed by atoms with van der Waals surface area (Å²) in [4.78, 5) is 40.9. The van der Waals surface area contributed by atoms with Crippen LogP contribution in [0.1, 0.15) is 84.3 Å². The number of halogens is 4. The lowest BCUT2D eigenvalue weighted by Crippen LogP contribution is -2.44. The first-order chi connectivity index (χ1) is 21.4. The van der Waals surface area contributed by atoms with Crippen LogP contribution in [0.2, 0.25) is 0 Å². The van der Waals surface area contributed by atoms with Crippen LogP contribution in [0, 0.1) is 20.9 Å². The van der Waals surface area contributed by atoms with Crippen molar-refractivity contribution in [2.75, 3.05) is 13.2 Å². The van der Waals surface area contributed by atoms with E-state index >= 15 is 0 Å². The highest BCUT2D eigenvalue weighted by Gasteiger charge is 2.49. The van der Waals surface area contributed by atoms with Gasteiger partial charge in [0.05, 0.1) is 21.6 Å². The third-order valence-electron chi connectivity index (χ3n) is 8.70. The van der Waals surface area contributed by atoms with Gasteiger partial charge in [0.1, 0.15) is 0 Å². The number of nitro groups is 1. The smallest absolute Gasteiger partial charge is 0.416 e. The number of ketones is 2. The number of nitrogens with zero attached hydrogens (tertiary/aromatic N) is 2. The van der Waals surface area contributed by atoms with Gasteiger partial charge < -0.3 is 14.4 Å². The van der Waals surface area contributed by atoms with Gasteiger partial charge in [0.25, 0.3) is 0 Å². The summed E-state index contributed by atoms with van der Waals surface area (Å²) < 4.78 is 52.0. The van der Waals surface area contributed by atoms with Crippen LogP contribution in [0.15, 0.2) is 57.3 Å². The molecule has 0 N–H and O–H groups in total. The fraction of sp³-hybridized carbons (Fsp3) is 0.471. The summed E-state index contributed by atoms with van der Waals surface area (Å²) in [6.07, 6.45) is -2.83. The van der Waals surface area contributed by atoms with Gasteiger partial charge in [-0.1, -0.05) is 27.7 Å². The number of allylic oxidation sites excluding steroid dienone is 4. The molecule has 0 saturated carbocycles. The SMILES string of the molecule is CCOc1cc(C2C3=C(CC(C)(C)CC3=O)N(CC)C3=C2C(=O)CC(C)(C)C3)cc(Br)c1Oc1ccc(C(F)(F)F)cc1[N+](=O)[O-]. The Morgan fingerprint density at radius 2 is 1.50 bits per heavy atom. The molecule has 3 aliphatic rings. The first kappa shape index (κ1) is 33.7. The zero-order valence-corrected chi connectivity index (χ0v) is 28.1. The van der Waals surface area contributed by atoms with Crippen molar-refractivity contribution >= 4 is 33.2 Å². The van der Waals surface area contributed by atoms with E-state index in [0.29, 0.717) is 61.1 Å². The van der Waals surface area contributed by atoms with Crippen molar-refractivity contribution in [1.82, 2.24) is 4.90 Å². The predicted molar refractivity (Wildman–Crippen MR) is 169 cm³/mol. The maximum absolute atomic E-state index is 14.0. The molecule has 2 aromatic rings. The van der Waals surface area contributed by atoms with E-state index in [1.165, 1.54) is 0 Å². The largest absolute Gasteiger partial charge is 0.490 e. The molecule has 46 heavy (non-hydrogen) atoms. The Hall–Kier alpha value is -3.67. The number of rotatable bonds is 7. The number of ether oxygens (including phenoxy) is 2. The second kappa shape index (κ2) is 11.8. The average Bonchev–Trinajstić information content (AvgIpc) is 2.92. The van der Waals surface area contributed by atoms with E-state index < -0.39 is 34.0 Å². The molecule has 0 bridgehead atoms. The van der Waals surface area contributed by atoms with Gasteiger partial charge in [-0.2, -0.15) is 13.2 Å². The number of hydrogen-bond donors (Lipinski definition) is 0. The maximum atomic E-state index is 14.0. The number of alkyl halides is 3. The summed E-state index contributed by atoms with van der Waals surface area (Å²) >= 11 is 3.50. The minimum absolute atomic E-state index is 0.00932. The number of carbonyl (C=O) groups is 2. The Kier molecular flexibility index (Phi) is 8.68. The van der Waals surface area contributed by atoms with Gasteiger partial charge in [0.2, 0.25) is 5.75 Å². The maximum Gasteiger partial charge on any atom is 0.416 e. The molecule has 8 nitrogen and oxygen atoms in total. The monoisotopic (exact) mass is 704 g/mol. The second-order valence-corrected chi connectivity index (χ2v) is 14.4. The molecular weight excluding hydrogens is 669 g/mol. The summed E-state index contributed by atoms with van der Waals surface area (Å²) in [6, 6.07) is 5.38. The predicted octanol–water partition coefficient (Wildman–Crippen LogP) is 9.27. The molecule has 2 aromatic carbocycles.